The van der Waals surface area contributed by atoms with Gasteiger partial charge in [0.15, 0.2) is 0 Å². The van der Waals surface area contributed by atoms with E-state index < -0.39 is 0 Å². The Balaban J connectivity index is 1.45. The number of carbonyl (C=O) groups is 1. The van der Waals surface area contributed by atoms with E-state index in [1.165, 1.54) is 0 Å². The molecule has 6 heteroatoms. The van der Waals surface area contributed by atoms with Crippen molar-refractivity contribution >= 4 is 16.7 Å². The summed E-state index contributed by atoms with van der Waals surface area (Å²) in [6, 6.07) is 12.3. The number of aryl methyl sites for hydroxylation is 1. The van der Waals surface area contributed by atoms with Gasteiger partial charge in [-0.2, -0.15) is 0 Å². The van der Waals surface area contributed by atoms with Gasteiger partial charge in [0.2, 0.25) is 5.91 Å². The second-order valence-corrected chi connectivity index (χ2v) is 8.83. The number of pyridine rings is 2. The minimum absolute atomic E-state index is 0.0236. The van der Waals surface area contributed by atoms with Crippen LogP contribution in [0.15, 0.2) is 59.8 Å². The second-order valence-electron chi connectivity index (χ2n) is 8.83. The van der Waals surface area contributed by atoms with Crippen LogP contribution in [0.4, 0.5) is 0 Å². The summed E-state index contributed by atoms with van der Waals surface area (Å²) in [5.41, 5.74) is 2.09. The van der Waals surface area contributed by atoms with Crippen LogP contribution in [0.1, 0.15) is 36.3 Å². The van der Waals surface area contributed by atoms with Crippen molar-refractivity contribution in [1.29, 1.82) is 0 Å². The van der Waals surface area contributed by atoms with Crippen LogP contribution in [0.2, 0.25) is 0 Å². The molecule has 1 saturated heterocycles. The van der Waals surface area contributed by atoms with E-state index in [1.807, 2.05) is 24.5 Å². The van der Waals surface area contributed by atoms with Gasteiger partial charge in [0, 0.05) is 56.2 Å². The maximum absolute atomic E-state index is 13.8. The SMILES string of the molecule is Cn1ccc(C2CCNCC2C(=O)N(Cc2cccc3ccncc23)C2CC2)cc1=O. The van der Waals surface area contributed by atoms with E-state index in [9.17, 15) is 9.59 Å². The van der Waals surface area contributed by atoms with E-state index >= 15 is 0 Å². The van der Waals surface area contributed by atoms with Crippen LogP contribution >= 0.6 is 0 Å². The van der Waals surface area contributed by atoms with E-state index in [0.29, 0.717) is 19.1 Å². The number of carbonyl (C=O) groups excluding carboxylic acids is 1. The molecule has 2 aliphatic rings. The summed E-state index contributed by atoms with van der Waals surface area (Å²) in [5.74, 6) is 0.105. The standard InChI is InChI=1S/C25H28N4O2/c1-28-12-9-18(13-24(28)30)21-8-11-27-15-23(21)25(31)29(20-5-6-20)16-19-4-2-3-17-7-10-26-14-22(17)19/h2-4,7,9-10,12-14,20-21,23,27H,5-6,8,11,15-16H2,1H3. The first kappa shape index (κ1) is 19.9. The molecule has 2 unspecified atom stereocenters. The zero-order valence-corrected chi connectivity index (χ0v) is 17.8. The third-order valence-corrected chi connectivity index (χ3v) is 6.74. The molecule has 1 saturated carbocycles. The van der Waals surface area contributed by atoms with Crippen LogP contribution < -0.4 is 10.9 Å². The minimum atomic E-state index is -0.158. The normalized spacial score (nSPS) is 21.2. The third kappa shape index (κ3) is 4.00. The number of hydrogen-bond acceptors (Lipinski definition) is 4. The van der Waals surface area contributed by atoms with Gasteiger partial charge in [-0.05, 0) is 60.4 Å². The number of nitrogens with one attached hydrogen (secondary N) is 1. The number of aromatic nitrogens is 2. The quantitative estimate of drug-likeness (QED) is 0.695. The van der Waals surface area contributed by atoms with Crippen LogP contribution in [-0.2, 0) is 18.4 Å². The summed E-state index contributed by atoms with van der Waals surface area (Å²) in [6.07, 6.45) is 8.49. The molecule has 5 rings (SSSR count). The van der Waals surface area contributed by atoms with Crippen LogP contribution in [0.25, 0.3) is 10.8 Å². The average molecular weight is 417 g/mol. The highest BCUT2D eigenvalue weighted by Gasteiger charge is 2.40. The van der Waals surface area contributed by atoms with Crippen molar-refractivity contribution in [3.63, 3.8) is 0 Å². The number of benzene rings is 1. The van der Waals surface area contributed by atoms with Crippen molar-refractivity contribution in [2.75, 3.05) is 13.1 Å². The zero-order valence-electron chi connectivity index (χ0n) is 17.8. The molecule has 6 nitrogen and oxygen atoms in total. The van der Waals surface area contributed by atoms with Gasteiger partial charge in [0.05, 0.1) is 5.92 Å². The molecule has 3 heterocycles. The first-order chi connectivity index (χ1) is 15.1. The zero-order chi connectivity index (χ0) is 21.4. The lowest BCUT2D eigenvalue weighted by molar-refractivity contribution is -0.138. The highest BCUT2D eigenvalue weighted by atomic mass is 16.2. The molecule has 160 valence electrons. The lowest BCUT2D eigenvalue weighted by Crippen LogP contribution is -2.47. The predicted octanol–water partition coefficient (Wildman–Crippen LogP) is 2.82. The van der Waals surface area contributed by atoms with Gasteiger partial charge in [-0.25, -0.2) is 0 Å². The molecule has 0 bridgehead atoms. The van der Waals surface area contributed by atoms with Crippen LogP contribution in [-0.4, -0.2) is 39.5 Å². The lowest BCUT2D eigenvalue weighted by Gasteiger charge is -2.36. The van der Waals surface area contributed by atoms with Crippen molar-refractivity contribution < 1.29 is 4.79 Å². The summed E-state index contributed by atoms with van der Waals surface area (Å²) in [5, 5.41) is 5.66. The van der Waals surface area contributed by atoms with Crippen molar-refractivity contribution in [1.82, 2.24) is 19.8 Å². The molecule has 1 aromatic carbocycles. The first-order valence-corrected chi connectivity index (χ1v) is 11.1. The van der Waals surface area contributed by atoms with Crippen molar-refractivity contribution in [3.05, 3.63) is 76.5 Å². The molecule has 1 amide bonds. The van der Waals surface area contributed by atoms with Crippen molar-refractivity contribution in [2.24, 2.45) is 13.0 Å². The molecule has 0 radical (unpaired) electrons. The lowest BCUT2D eigenvalue weighted by atomic mass is 9.80. The summed E-state index contributed by atoms with van der Waals surface area (Å²) in [6.45, 7) is 2.12. The van der Waals surface area contributed by atoms with Gasteiger partial charge in [-0.1, -0.05) is 18.2 Å². The van der Waals surface area contributed by atoms with Gasteiger partial charge >= 0.3 is 0 Å². The summed E-state index contributed by atoms with van der Waals surface area (Å²) >= 11 is 0. The van der Waals surface area contributed by atoms with Crippen LogP contribution in [0, 0.1) is 5.92 Å². The van der Waals surface area contributed by atoms with E-state index in [-0.39, 0.29) is 23.3 Å². The fourth-order valence-electron chi connectivity index (χ4n) is 4.80. The number of amides is 1. The summed E-state index contributed by atoms with van der Waals surface area (Å²) in [4.78, 5) is 32.4. The minimum Gasteiger partial charge on any atom is -0.335 e. The first-order valence-electron chi connectivity index (χ1n) is 11.1. The third-order valence-electron chi connectivity index (χ3n) is 6.74. The van der Waals surface area contributed by atoms with E-state index in [4.69, 9.17) is 0 Å². The largest absolute Gasteiger partial charge is 0.335 e. The number of piperidine rings is 1. The Labute approximate surface area is 181 Å². The Bertz CT molecular complexity index is 1160. The Hall–Kier alpha value is -2.99. The number of hydrogen-bond donors (Lipinski definition) is 1. The van der Waals surface area contributed by atoms with Crippen LogP contribution in [0.3, 0.4) is 0 Å². The fraction of sp³-hybridized carbons (Fsp3) is 0.400. The summed E-state index contributed by atoms with van der Waals surface area (Å²) < 4.78 is 1.58. The molecule has 1 N–H and O–H groups in total. The molecule has 31 heavy (non-hydrogen) atoms. The topological polar surface area (TPSA) is 67.2 Å². The molecular formula is C25H28N4O2. The van der Waals surface area contributed by atoms with Gasteiger partial charge in [0.1, 0.15) is 0 Å². The highest BCUT2D eigenvalue weighted by Crippen LogP contribution is 2.36. The predicted molar refractivity (Wildman–Crippen MR) is 121 cm³/mol. The highest BCUT2D eigenvalue weighted by molar-refractivity contribution is 5.86. The van der Waals surface area contributed by atoms with E-state index in [0.717, 1.165) is 47.7 Å². The van der Waals surface area contributed by atoms with E-state index in [1.54, 1.807) is 23.9 Å². The molecular weight excluding hydrogens is 388 g/mol. The monoisotopic (exact) mass is 416 g/mol. The molecule has 1 aliphatic carbocycles. The molecule has 2 fully saturated rings. The van der Waals surface area contributed by atoms with Gasteiger partial charge < -0.3 is 14.8 Å². The van der Waals surface area contributed by atoms with E-state index in [2.05, 4.69) is 33.4 Å². The Morgan fingerprint density at radius 3 is 2.90 bits per heavy atom. The average Bonchev–Trinajstić information content (AvgIpc) is 3.64. The maximum atomic E-state index is 13.8. The fourth-order valence-corrected chi connectivity index (χ4v) is 4.80. The number of nitrogens with zero attached hydrogens (tertiary/aromatic N) is 3. The Morgan fingerprint density at radius 2 is 2.10 bits per heavy atom. The van der Waals surface area contributed by atoms with Gasteiger partial charge in [-0.15, -0.1) is 0 Å². The van der Waals surface area contributed by atoms with Gasteiger partial charge in [0.25, 0.3) is 5.56 Å². The van der Waals surface area contributed by atoms with Crippen molar-refractivity contribution in [2.45, 2.75) is 37.8 Å². The molecule has 1 aliphatic heterocycles. The molecule has 0 spiro atoms. The maximum Gasteiger partial charge on any atom is 0.250 e. The van der Waals surface area contributed by atoms with Gasteiger partial charge in [-0.3, -0.25) is 14.6 Å². The summed E-state index contributed by atoms with van der Waals surface area (Å²) in [7, 11) is 1.76. The Morgan fingerprint density at radius 1 is 1.23 bits per heavy atom. The van der Waals surface area contributed by atoms with Crippen LogP contribution in [0.5, 0.6) is 0 Å². The molecule has 2 aromatic heterocycles. The van der Waals surface area contributed by atoms with Crippen molar-refractivity contribution in [3.8, 4) is 0 Å². The molecule has 2 atom stereocenters. The number of rotatable bonds is 5. The Kier molecular flexibility index (Phi) is 5.32. The molecule has 3 aromatic rings. The smallest absolute Gasteiger partial charge is 0.250 e. The second kappa shape index (κ2) is 8.27. The number of fused-ring (bicyclic) bond motifs is 1.